The first-order valence-corrected chi connectivity index (χ1v) is 5.18. The van der Waals surface area contributed by atoms with Crippen molar-refractivity contribution in [1.29, 1.82) is 0 Å². The normalized spacial score (nSPS) is 17.8. The molecule has 0 aromatic heterocycles. The van der Waals surface area contributed by atoms with Crippen LogP contribution in [0.15, 0.2) is 0 Å². The summed E-state index contributed by atoms with van der Waals surface area (Å²) in [7, 11) is 0. The summed E-state index contributed by atoms with van der Waals surface area (Å²) in [5, 5.41) is 2.80. The van der Waals surface area contributed by atoms with Crippen LogP contribution in [0.25, 0.3) is 0 Å². The molecule has 0 amide bonds. The van der Waals surface area contributed by atoms with Gasteiger partial charge in [0.1, 0.15) is 6.61 Å². The van der Waals surface area contributed by atoms with Gasteiger partial charge in [0.2, 0.25) is 0 Å². The lowest BCUT2D eigenvalue weighted by Crippen LogP contribution is -2.38. The fourth-order valence-electron chi connectivity index (χ4n) is 1.08. The quantitative estimate of drug-likeness (QED) is 0.690. The van der Waals surface area contributed by atoms with E-state index in [-0.39, 0.29) is 6.54 Å². The fourth-order valence-corrected chi connectivity index (χ4v) is 1.08. The predicted octanol–water partition coefficient (Wildman–Crippen LogP) is 2.05. The van der Waals surface area contributed by atoms with Crippen LogP contribution in [-0.4, -0.2) is 31.7 Å². The molecule has 0 aromatic rings. The summed E-state index contributed by atoms with van der Waals surface area (Å²) in [4.78, 5) is 0. The first-order chi connectivity index (χ1) is 6.49. The van der Waals surface area contributed by atoms with Gasteiger partial charge in [-0.25, -0.2) is 8.78 Å². The summed E-state index contributed by atoms with van der Waals surface area (Å²) in [5.41, 5.74) is 0. The lowest BCUT2D eigenvalue weighted by molar-refractivity contribution is -0.0792. The molecule has 4 heteroatoms. The molecule has 0 heterocycles. The fraction of sp³-hybridized carbons (Fsp3) is 1.00. The van der Waals surface area contributed by atoms with Gasteiger partial charge in [-0.15, -0.1) is 0 Å². The molecule has 84 valence electrons. The molecular formula is C10H19F2NO. The molecule has 1 aliphatic rings. The van der Waals surface area contributed by atoms with Crippen LogP contribution in [-0.2, 0) is 4.74 Å². The highest BCUT2D eigenvalue weighted by Crippen LogP contribution is 2.21. The minimum absolute atomic E-state index is 0.254. The van der Waals surface area contributed by atoms with Gasteiger partial charge in [0.05, 0.1) is 6.54 Å². The Morgan fingerprint density at radius 1 is 1.43 bits per heavy atom. The van der Waals surface area contributed by atoms with Crippen LogP contribution in [0.5, 0.6) is 0 Å². The smallest absolute Gasteiger partial charge is 0.283 e. The van der Waals surface area contributed by atoms with Crippen LogP contribution in [0.1, 0.15) is 26.7 Å². The van der Waals surface area contributed by atoms with Crippen molar-refractivity contribution in [3.8, 4) is 0 Å². The monoisotopic (exact) mass is 207 g/mol. The molecule has 0 spiro atoms. The van der Waals surface area contributed by atoms with Crippen molar-refractivity contribution in [3.63, 3.8) is 0 Å². The van der Waals surface area contributed by atoms with E-state index in [2.05, 4.69) is 5.32 Å². The van der Waals surface area contributed by atoms with Crippen LogP contribution in [0.4, 0.5) is 8.78 Å². The van der Waals surface area contributed by atoms with E-state index in [0.717, 1.165) is 12.8 Å². The highest BCUT2D eigenvalue weighted by atomic mass is 19.3. The zero-order valence-corrected chi connectivity index (χ0v) is 8.85. The highest BCUT2D eigenvalue weighted by Gasteiger charge is 2.32. The Hall–Kier alpha value is -0.220. The summed E-state index contributed by atoms with van der Waals surface area (Å²) in [6.07, 6.45) is 2.06. The SMILES string of the molecule is CC(C)COCC(F)(F)CNC1CC1. The maximum atomic E-state index is 13.1. The van der Waals surface area contributed by atoms with Crippen LogP contribution in [0, 0.1) is 5.92 Å². The number of hydrogen-bond acceptors (Lipinski definition) is 2. The van der Waals surface area contributed by atoms with Gasteiger partial charge in [0.15, 0.2) is 0 Å². The Kier molecular flexibility index (Phi) is 4.26. The lowest BCUT2D eigenvalue weighted by Gasteiger charge is -2.17. The number of nitrogens with one attached hydrogen (secondary N) is 1. The first kappa shape index (κ1) is 11.9. The van der Waals surface area contributed by atoms with Crippen molar-refractivity contribution < 1.29 is 13.5 Å². The number of rotatable bonds is 7. The van der Waals surface area contributed by atoms with E-state index >= 15 is 0 Å². The summed E-state index contributed by atoms with van der Waals surface area (Å²) >= 11 is 0. The molecular weight excluding hydrogens is 188 g/mol. The van der Waals surface area contributed by atoms with Crippen LogP contribution < -0.4 is 5.32 Å². The van der Waals surface area contributed by atoms with Gasteiger partial charge in [-0.3, -0.25) is 0 Å². The minimum atomic E-state index is -2.72. The van der Waals surface area contributed by atoms with E-state index in [1.807, 2.05) is 13.8 Å². The summed E-state index contributed by atoms with van der Waals surface area (Å²) in [5.74, 6) is -2.42. The van der Waals surface area contributed by atoms with Crippen molar-refractivity contribution in [2.45, 2.75) is 38.7 Å². The Labute approximate surface area is 84.0 Å². The van der Waals surface area contributed by atoms with Crippen LogP contribution in [0.3, 0.4) is 0 Å². The zero-order valence-electron chi connectivity index (χ0n) is 8.85. The van der Waals surface area contributed by atoms with Crippen molar-refractivity contribution in [1.82, 2.24) is 5.32 Å². The number of ether oxygens (including phenoxy) is 1. The highest BCUT2D eigenvalue weighted by molar-refractivity contribution is 4.83. The second kappa shape index (κ2) is 5.03. The third-order valence-corrected chi connectivity index (χ3v) is 1.99. The van der Waals surface area contributed by atoms with Gasteiger partial charge >= 0.3 is 0 Å². The third-order valence-electron chi connectivity index (χ3n) is 1.99. The van der Waals surface area contributed by atoms with Crippen molar-refractivity contribution in [2.24, 2.45) is 5.92 Å². The molecule has 0 saturated heterocycles. The summed E-state index contributed by atoms with van der Waals surface area (Å²) in [6, 6.07) is 0.325. The van der Waals surface area contributed by atoms with Crippen LogP contribution >= 0.6 is 0 Å². The molecule has 1 N–H and O–H groups in total. The van der Waals surface area contributed by atoms with Gasteiger partial charge in [0.25, 0.3) is 5.92 Å². The molecule has 0 aromatic carbocycles. The Morgan fingerprint density at radius 3 is 2.57 bits per heavy atom. The van der Waals surface area contributed by atoms with Gasteiger partial charge in [0, 0.05) is 12.6 Å². The van der Waals surface area contributed by atoms with Gasteiger partial charge < -0.3 is 10.1 Å². The summed E-state index contributed by atoms with van der Waals surface area (Å²) in [6.45, 7) is 3.57. The number of hydrogen-bond donors (Lipinski definition) is 1. The molecule has 1 aliphatic carbocycles. The Balaban J connectivity index is 2.05. The molecule has 0 atom stereocenters. The van der Waals surface area contributed by atoms with E-state index in [0.29, 0.717) is 18.6 Å². The molecule has 2 nitrogen and oxygen atoms in total. The van der Waals surface area contributed by atoms with Crippen molar-refractivity contribution in [2.75, 3.05) is 19.8 Å². The lowest BCUT2D eigenvalue weighted by atomic mass is 10.2. The van der Waals surface area contributed by atoms with Gasteiger partial charge in [-0.05, 0) is 18.8 Å². The zero-order chi connectivity index (χ0) is 10.6. The standard InChI is InChI=1S/C10H19F2NO/c1-8(2)5-14-7-10(11,12)6-13-9-3-4-9/h8-9,13H,3-7H2,1-2H3. The number of alkyl halides is 2. The average molecular weight is 207 g/mol. The van der Waals surface area contributed by atoms with Crippen molar-refractivity contribution in [3.05, 3.63) is 0 Å². The second-order valence-electron chi connectivity index (χ2n) is 4.42. The molecule has 1 saturated carbocycles. The maximum absolute atomic E-state index is 13.1. The molecule has 1 rings (SSSR count). The first-order valence-electron chi connectivity index (χ1n) is 5.18. The predicted molar refractivity (Wildman–Crippen MR) is 51.6 cm³/mol. The minimum Gasteiger partial charge on any atom is -0.375 e. The molecule has 1 fully saturated rings. The summed E-state index contributed by atoms with van der Waals surface area (Å²) < 4.78 is 31.1. The largest absolute Gasteiger partial charge is 0.375 e. The van der Waals surface area contributed by atoms with Gasteiger partial charge in [-0.2, -0.15) is 0 Å². The van der Waals surface area contributed by atoms with Gasteiger partial charge in [-0.1, -0.05) is 13.8 Å². The Morgan fingerprint density at radius 2 is 2.07 bits per heavy atom. The molecule has 0 unspecified atom stereocenters. The molecule has 0 aliphatic heterocycles. The third kappa shape index (κ3) is 5.50. The maximum Gasteiger partial charge on any atom is 0.283 e. The molecule has 0 radical (unpaired) electrons. The molecule has 14 heavy (non-hydrogen) atoms. The van der Waals surface area contributed by atoms with Crippen molar-refractivity contribution >= 4 is 0 Å². The topological polar surface area (TPSA) is 21.3 Å². The molecule has 0 bridgehead atoms. The number of halogens is 2. The second-order valence-corrected chi connectivity index (χ2v) is 4.42. The van der Waals surface area contributed by atoms with Crippen LogP contribution in [0.2, 0.25) is 0 Å². The average Bonchev–Trinajstić information content (AvgIpc) is 2.82. The van der Waals surface area contributed by atoms with E-state index in [9.17, 15) is 8.78 Å². The van der Waals surface area contributed by atoms with E-state index < -0.39 is 12.5 Å². The van der Waals surface area contributed by atoms with E-state index in [1.54, 1.807) is 0 Å². The van der Waals surface area contributed by atoms with E-state index in [4.69, 9.17) is 4.74 Å². The van der Waals surface area contributed by atoms with E-state index in [1.165, 1.54) is 0 Å². The Bertz CT molecular complexity index is 170.